The molecule has 12 heavy (non-hydrogen) atoms. The number of aliphatic hydroxyl groups is 1. The van der Waals surface area contributed by atoms with Gasteiger partial charge in [-0.3, -0.25) is 0 Å². The van der Waals surface area contributed by atoms with Crippen molar-refractivity contribution >= 4 is 11.8 Å². The van der Waals surface area contributed by atoms with Gasteiger partial charge in [-0.05, 0) is 19.1 Å². The van der Waals surface area contributed by atoms with Crippen LogP contribution in [0.5, 0.6) is 0 Å². The molecule has 0 aromatic rings. The van der Waals surface area contributed by atoms with Crippen LogP contribution in [0.25, 0.3) is 0 Å². The van der Waals surface area contributed by atoms with Gasteiger partial charge < -0.3 is 15.6 Å². The number of thioether (sulfide) groups is 1. The van der Waals surface area contributed by atoms with Crippen LogP contribution in [0, 0.1) is 0 Å². The number of hydrogen-bond donors (Lipinski definition) is 2. The van der Waals surface area contributed by atoms with Crippen molar-refractivity contribution in [3.8, 4) is 0 Å². The quantitative estimate of drug-likeness (QED) is 0.588. The van der Waals surface area contributed by atoms with Crippen molar-refractivity contribution in [2.75, 3.05) is 25.7 Å². The summed E-state index contributed by atoms with van der Waals surface area (Å²) in [6.45, 7) is 4.99. The smallest absolute Gasteiger partial charge is 0.0940 e. The van der Waals surface area contributed by atoms with E-state index in [1.54, 1.807) is 11.8 Å². The van der Waals surface area contributed by atoms with Crippen LogP contribution < -0.4 is 5.73 Å². The summed E-state index contributed by atoms with van der Waals surface area (Å²) in [6.07, 6.45) is 1.11. The Morgan fingerprint density at radius 3 is 2.67 bits per heavy atom. The molecule has 0 aromatic heterocycles. The Labute approximate surface area is 78.7 Å². The number of nitrogens with two attached hydrogens (primary N) is 1. The lowest BCUT2D eigenvalue weighted by atomic mass is 10.2. The highest BCUT2D eigenvalue weighted by molar-refractivity contribution is 8.00. The highest BCUT2D eigenvalue weighted by Crippen LogP contribution is 2.25. The topological polar surface area (TPSA) is 55.5 Å². The molecule has 3 N–H and O–H groups in total. The zero-order valence-corrected chi connectivity index (χ0v) is 8.69. The van der Waals surface area contributed by atoms with Gasteiger partial charge in [-0.2, -0.15) is 11.8 Å². The van der Waals surface area contributed by atoms with Crippen LogP contribution in [0.15, 0.2) is 0 Å². The van der Waals surface area contributed by atoms with Crippen LogP contribution in [0.3, 0.4) is 0 Å². The molecule has 0 amide bonds. The van der Waals surface area contributed by atoms with E-state index in [4.69, 9.17) is 15.6 Å². The third-order valence-corrected chi connectivity index (χ3v) is 3.07. The van der Waals surface area contributed by atoms with E-state index in [1.807, 2.05) is 6.92 Å². The van der Waals surface area contributed by atoms with E-state index in [-0.39, 0.29) is 18.1 Å². The molecule has 3 nitrogen and oxygen atoms in total. The summed E-state index contributed by atoms with van der Waals surface area (Å²) in [5.74, 6) is 1.05. The van der Waals surface area contributed by atoms with Gasteiger partial charge in [0.2, 0.25) is 0 Å². The molecule has 0 rings (SSSR count). The van der Waals surface area contributed by atoms with Gasteiger partial charge in [0.05, 0.1) is 24.7 Å². The predicted molar refractivity (Wildman–Crippen MR) is 53.2 cm³/mol. The second-order valence-electron chi connectivity index (χ2n) is 2.97. The first-order chi connectivity index (χ1) is 5.68. The molecule has 1 unspecified atom stereocenters. The third-order valence-electron chi connectivity index (χ3n) is 1.51. The molecule has 0 aromatic carbocycles. The summed E-state index contributed by atoms with van der Waals surface area (Å²) in [6, 6.07) is 0. The molecule has 74 valence electrons. The minimum absolute atomic E-state index is 0.137. The highest BCUT2D eigenvalue weighted by atomic mass is 32.2. The minimum atomic E-state index is -0.185. The first kappa shape index (κ1) is 12.2. The largest absolute Gasteiger partial charge is 0.395 e. The molecule has 0 saturated heterocycles. The molecule has 0 heterocycles. The van der Waals surface area contributed by atoms with E-state index in [9.17, 15) is 0 Å². The fourth-order valence-electron chi connectivity index (χ4n) is 0.756. The van der Waals surface area contributed by atoms with Gasteiger partial charge in [-0.25, -0.2) is 0 Å². The first-order valence-electron chi connectivity index (χ1n) is 4.21. The molecule has 1 atom stereocenters. The number of aliphatic hydroxyl groups excluding tert-OH is 1. The Morgan fingerprint density at radius 1 is 1.58 bits per heavy atom. The fourth-order valence-corrected chi connectivity index (χ4v) is 1.71. The Balaban J connectivity index is 3.70. The van der Waals surface area contributed by atoms with E-state index in [0.717, 1.165) is 12.2 Å². The van der Waals surface area contributed by atoms with Crippen molar-refractivity contribution in [2.24, 2.45) is 5.73 Å². The summed E-state index contributed by atoms with van der Waals surface area (Å²) < 4.78 is 4.90. The standard InChI is InChI=1S/C8H19NO2S/c1-3-4-12-8(2,5-10)6-11-7-9/h10H,3-7,9H2,1-2H3. The van der Waals surface area contributed by atoms with Gasteiger partial charge in [0.15, 0.2) is 0 Å². The minimum Gasteiger partial charge on any atom is -0.395 e. The van der Waals surface area contributed by atoms with Gasteiger partial charge in [-0.15, -0.1) is 0 Å². The van der Waals surface area contributed by atoms with Crippen molar-refractivity contribution in [3.63, 3.8) is 0 Å². The molecule has 0 spiro atoms. The van der Waals surface area contributed by atoms with Crippen LogP contribution in [-0.2, 0) is 4.74 Å². The van der Waals surface area contributed by atoms with Gasteiger partial charge >= 0.3 is 0 Å². The van der Waals surface area contributed by atoms with Gasteiger partial charge in [0.1, 0.15) is 0 Å². The summed E-state index contributed by atoms with van der Waals surface area (Å²) in [7, 11) is 0. The maximum atomic E-state index is 9.10. The lowest BCUT2D eigenvalue weighted by molar-refractivity contribution is 0.0985. The average molecular weight is 193 g/mol. The monoisotopic (exact) mass is 193 g/mol. The lowest BCUT2D eigenvalue weighted by Crippen LogP contribution is -2.33. The number of ether oxygens (including phenoxy) is 1. The SMILES string of the molecule is CCCSC(C)(CO)COCN. The lowest BCUT2D eigenvalue weighted by Gasteiger charge is -2.25. The normalized spacial score (nSPS) is 16.0. The van der Waals surface area contributed by atoms with Crippen LogP contribution in [0.1, 0.15) is 20.3 Å². The molecule has 0 radical (unpaired) electrons. The Bertz CT molecular complexity index is 103. The van der Waals surface area contributed by atoms with Gasteiger partial charge in [0.25, 0.3) is 0 Å². The van der Waals surface area contributed by atoms with Crippen molar-refractivity contribution in [1.29, 1.82) is 0 Å². The van der Waals surface area contributed by atoms with Crippen molar-refractivity contribution in [2.45, 2.75) is 25.0 Å². The van der Waals surface area contributed by atoms with Crippen LogP contribution in [0.4, 0.5) is 0 Å². The molecule has 0 aliphatic rings. The summed E-state index contributed by atoms with van der Waals surface area (Å²) in [5, 5.41) is 9.10. The van der Waals surface area contributed by atoms with Crippen molar-refractivity contribution in [1.82, 2.24) is 0 Å². The van der Waals surface area contributed by atoms with Crippen LogP contribution >= 0.6 is 11.8 Å². The molecular formula is C8H19NO2S. The van der Waals surface area contributed by atoms with E-state index in [1.165, 1.54) is 0 Å². The zero-order chi connectivity index (χ0) is 9.45. The van der Waals surface area contributed by atoms with Gasteiger partial charge in [-0.1, -0.05) is 6.92 Å². The first-order valence-corrected chi connectivity index (χ1v) is 5.19. The second kappa shape index (κ2) is 6.71. The molecule has 0 fully saturated rings. The van der Waals surface area contributed by atoms with Crippen molar-refractivity contribution in [3.05, 3.63) is 0 Å². The maximum absolute atomic E-state index is 9.10. The number of hydrogen-bond acceptors (Lipinski definition) is 4. The van der Waals surface area contributed by atoms with Crippen LogP contribution in [-0.4, -0.2) is 35.6 Å². The van der Waals surface area contributed by atoms with E-state index in [2.05, 4.69) is 6.92 Å². The predicted octanol–water partition coefficient (Wildman–Crippen LogP) is 0.813. The molecule has 4 heteroatoms. The average Bonchev–Trinajstić information content (AvgIpc) is 2.11. The Hall–Kier alpha value is 0.230. The molecular weight excluding hydrogens is 174 g/mol. The molecule has 0 aliphatic carbocycles. The van der Waals surface area contributed by atoms with E-state index in [0.29, 0.717) is 6.61 Å². The van der Waals surface area contributed by atoms with Gasteiger partial charge in [0, 0.05) is 0 Å². The molecule has 0 saturated carbocycles. The summed E-state index contributed by atoms with van der Waals surface area (Å²) in [5.41, 5.74) is 5.21. The summed E-state index contributed by atoms with van der Waals surface area (Å²) in [4.78, 5) is 0. The Morgan fingerprint density at radius 2 is 2.25 bits per heavy atom. The van der Waals surface area contributed by atoms with E-state index < -0.39 is 0 Å². The van der Waals surface area contributed by atoms with E-state index >= 15 is 0 Å². The summed E-state index contributed by atoms with van der Waals surface area (Å²) >= 11 is 1.73. The highest BCUT2D eigenvalue weighted by Gasteiger charge is 2.23. The zero-order valence-electron chi connectivity index (χ0n) is 7.88. The van der Waals surface area contributed by atoms with Crippen molar-refractivity contribution < 1.29 is 9.84 Å². The second-order valence-corrected chi connectivity index (χ2v) is 4.65. The fraction of sp³-hybridized carbons (Fsp3) is 1.00. The molecule has 0 aliphatic heterocycles. The Kier molecular flexibility index (Phi) is 6.84. The third kappa shape index (κ3) is 4.98. The van der Waals surface area contributed by atoms with Crippen LogP contribution in [0.2, 0.25) is 0 Å². The maximum Gasteiger partial charge on any atom is 0.0940 e. The molecule has 0 bridgehead atoms. The number of rotatable bonds is 7.